The molecule has 0 bridgehead atoms. The lowest BCUT2D eigenvalue weighted by Crippen LogP contribution is -2.34. The number of benzene rings is 1. The number of nitrogens with one attached hydrogen (secondary N) is 1. The Morgan fingerprint density at radius 2 is 2.08 bits per heavy atom. The Morgan fingerprint density at radius 3 is 2.79 bits per heavy atom. The predicted octanol–water partition coefficient (Wildman–Crippen LogP) is 2.34. The number of hydrogen-bond donors (Lipinski definition) is 1. The Kier molecular flexibility index (Phi) is 3.98. The van der Waals surface area contributed by atoms with Crippen molar-refractivity contribution in [2.75, 3.05) is 19.6 Å². The maximum absolute atomic E-state index is 11.4. The van der Waals surface area contributed by atoms with Gasteiger partial charge in [-0.25, -0.2) is 9.78 Å². The molecule has 0 radical (unpaired) electrons. The molecule has 2 aliphatic heterocycles. The third kappa shape index (κ3) is 3.14. The predicted molar refractivity (Wildman–Crippen MR) is 89.9 cm³/mol. The van der Waals surface area contributed by atoms with Gasteiger partial charge in [-0.2, -0.15) is 0 Å². The van der Waals surface area contributed by atoms with Gasteiger partial charge in [0.2, 0.25) is 0 Å². The van der Waals surface area contributed by atoms with Gasteiger partial charge in [-0.15, -0.1) is 0 Å². The molecule has 1 aromatic carbocycles. The highest BCUT2D eigenvalue weighted by atomic mass is 16.6. The second kappa shape index (κ2) is 6.28. The number of nitrogens with zero attached hydrogens (tertiary/aromatic N) is 3. The van der Waals surface area contributed by atoms with Gasteiger partial charge < -0.3 is 14.6 Å². The molecular weight excluding hydrogens is 304 g/mol. The van der Waals surface area contributed by atoms with Crippen LogP contribution in [0.4, 0.5) is 4.79 Å². The summed E-state index contributed by atoms with van der Waals surface area (Å²) in [5, 5.41) is 2.80. The minimum atomic E-state index is -0.281. The zero-order valence-electron chi connectivity index (χ0n) is 13.6. The van der Waals surface area contributed by atoms with E-state index in [1.54, 1.807) is 12.5 Å². The van der Waals surface area contributed by atoms with E-state index in [9.17, 15) is 4.79 Å². The van der Waals surface area contributed by atoms with Gasteiger partial charge in [0, 0.05) is 37.6 Å². The average Bonchev–Trinajstić information content (AvgIpc) is 3.19. The van der Waals surface area contributed by atoms with E-state index in [-0.39, 0.29) is 11.7 Å². The molecule has 2 saturated heterocycles. The maximum atomic E-state index is 11.4. The molecule has 24 heavy (non-hydrogen) atoms. The number of imidazole rings is 1. The molecule has 0 aliphatic carbocycles. The Balaban J connectivity index is 1.38. The number of amides is 1. The van der Waals surface area contributed by atoms with Crippen LogP contribution in [0.2, 0.25) is 0 Å². The number of alkyl carbamates (subject to hydrolysis) is 1. The highest BCUT2D eigenvalue weighted by Crippen LogP contribution is 2.29. The van der Waals surface area contributed by atoms with Crippen molar-refractivity contribution < 1.29 is 9.53 Å². The van der Waals surface area contributed by atoms with Gasteiger partial charge in [-0.1, -0.05) is 12.1 Å². The molecule has 1 spiro atoms. The lowest BCUT2D eigenvalue weighted by molar-refractivity contribution is 0.0443. The average molecular weight is 326 g/mol. The Bertz CT molecular complexity index is 698. The summed E-state index contributed by atoms with van der Waals surface area (Å²) in [4.78, 5) is 17.9. The van der Waals surface area contributed by atoms with Crippen LogP contribution in [0.25, 0.3) is 5.69 Å². The minimum absolute atomic E-state index is 0.265. The van der Waals surface area contributed by atoms with Gasteiger partial charge in [0.05, 0.1) is 12.9 Å². The third-order valence-electron chi connectivity index (χ3n) is 5.00. The quantitative estimate of drug-likeness (QED) is 0.940. The molecule has 1 N–H and O–H groups in total. The van der Waals surface area contributed by atoms with Crippen molar-refractivity contribution in [1.29, 1.82) is 0 Å². The largest absolute Gasteiger partial charge is 0.441 e. The lowest BCUT2D eigenvalue weighted by Gasteiger charge is -2.25. The zero-order valence-corrected chi connectivity index (χ0v) is 13.6. The summed E-state index contributed by atoms with van der Waals surface area (Å²) in [6, 6.07) is 8.60. The highest BCUT2D eigenvalue weighted by molar-refractivity contribution is 5.70. The number of rotatable bonds is 3. The van der Waals surface area contributed by atoms with Crippen LogP contribution in [-0.4, -0.2) is 45.8 Å². The Morgan fingerprint density at radius 1 is 1.21 bits per heavy atom. The van der Waals surface area contributed by atoms with Crippen molar-refractivity contribution in [2.24, 2.45) is 0 Å². The molecule has 3 heterocycles. The van der Waals surface area contributed by atoms with Crippen LogP contribution >= 0.6 is 0 Å². The molecule has 1 atom stereocenters. The summed E-state index contributed by atoms with van der Waals surface area (Å²) in [6.45, 7) is 3.59. The molecular formula is C18H22N4O2. The molecule has 6 nitrogen and oxygen atoms in total. The lowest BCUT2D eigenvalue weighted by atomic mass is 9.95. The number of likely N-dealkylation sites (tertiary alicyclic amines) is 1. The van der Waals surface area contributed by atoms with Crippen LogP contribution in [0.5, 0.6) is 0 Å². The summed E-state index contributed by atoms with van der Waals surface area (Å²) in [7, 11) is 0. The Hall–Kier alpha value is -2.34. The molecule has 0 unspecified atom stereocenters. The molecule has 0 saturated carbocycles. The fraction of sp³-hybridized carbons (Fsp3) is 0.444. The van der Waals surface area contributed by atoms with Crippen LogP contribution in [0.1, 0.15) is 24.8 Å². The van der Waals surface area contributed by atoms with Crippen LogP contribution in [0, 0.1) is 0 Å². The van der Waals surface area contributed by atoms with E-state index < -0.39 is 0 Å². The SMILES string of the molecule is O=C1NC[C@]2(CCCN(Cc3ccc(-n4ccnc4)cc3)CC2)O1. The second-order valence-electron chi connectivity index (χ2n) is 6.69. The fourth-order valence-electron chi connectivity index (χ4n) is 3.61. The van der Waals surface area contributed by atoms with Crippen molar-refractivity contribution in [2.45, 2.75) is 31.4 Å². The van der Waals surface area contributed by atoms with Crippen LogP contribution < -0.4 is 5.32 Å². The van der Waals surface area contributed by atoms with Crippen molar-refractivity contribution in [1.82, 2.24) is 19.8 Å². The van der Waals surface area contributed by atoms with E-state index in [1.807, 2.05) is 10.8 Å². The molecule has 1 amide bonds. The van der Waals surface area contributed by atoms with E-state index in [1.165, 1.54) is 5.56 Å². The first-order valence-electron chi connectivity index (χ1n) is 8.49. The van der Waals surface area contributed by atoms with Crippen LogP contribution in [-0.2, 0) is 11.3 Å². The van der Waals surface area contributed by atoms with Gasteiger partial charge in [0.1, 0.15) is 5.60 Å². The molecule has 2 aliphatic rings. The maximum Gasteiger partial charge on any atom is 0.407 e. The van der Waals surface area contributed by atoms with Crippen molar-refractivity contribution in [3.05, 3.63) is 48.5 Å². The second-order valence-corrected chi connectivity index (χ2v) is 6.69. The van der Waals surface area contributed by atoms with Crippen molar-refractivity contribution >= 4 is 6.09 Å². The number of aromatic nitrogens is 2. The van der Waals surface area contributed by atoms with E-state index in [4.69, 9.17) is 4.74 Å². The summed E-state index contributed by atoms with van der Waals surface area (Å²) < 4.78 is 7.54. The number of carbonyl (C=O) groups excluding carboxylic acids is 1. The number of hydrogen-bond acceptors (Lipinski definition) is 4. The molecule has 6 heteroatoms. The van der Waals surface area contributed by atoms with Gasteiger partial charge >= 0.3 is 6.09 Å². The number of carbonyl (C=O) groups is 1. The van der Waals surface area contributed by atoms with Gasteiger partial charge in [-0.05, 0) is 37.1 Å². The van der Waals surface area contributed by atoms with Crippen molar-refractivity contribution in [3.63, 3.8) is 0 Å². The van der Waals surface area contributed by atoms with Gasteiger partial charge in [0.25, 0.3) is 0 Å². The topological polar surface area (TPSA) is 59.4 Å². The number of ether oxygens (including phenoxy) is 1. The summed E-state index contributed by atoms with van der Waals surface area (Å²) in [5.41, 5.74) is 2.14. The summed E-state index contributed by atoms with van der Waals surface area (Å²) in [5.74, 6) is 0. The van der Waals surface area contributed by atoms with Gasteiger partial charge in [-0.3, -0.25) is 4.90 Å². The molecule has 2 aromatic rings. The monoisotopic (exact) mass is 326 g/mol. The first-order chi connectivity index (χ1) is 11.7. The Labute approximate surface area is 141 Å². The highest BCUT2D eigenvalue weighted by Gasteiger charge is 2.41. The smallest absolute Gasteiger partial charge is 0.407 e. The molecule has 126 valence electrons. The third-order valence-corrected chi connectivity index (χ3v) is 5.00. The molecule has 1 aromatic heterocycles. The van der Waals surface area contributed by atoms with E-state index in [0.717, 1.165) is 44.6 Å². The molecule has 4 rings (SSSR count). The first-order valence-corrected chi connectivity index (χ1v) is 8.49. The first kappa shape index (κ1) is 15.2. The van der Waals surface area contributed by atoms with E-state index in [0.29, 0.717) is 6.54 Å². The zero-order chi connectivity index (χ0) is 16.4. The van der Waals surface area contributed by atoms with Gasteiger partial charge in [0.15, 0.2) is 0 Å². The summed E-state index contributed by atoms with van der Waals surface area (Å²) in [6.07, 6.45) is 8.17. The van der Waals surface area contributed by atoms with Crippen molar-refractivity contribution in [3.8, 4) is 5.69 Å². The van der Waals surface area contributed by atoms with Crippen LogP contribution in [0.3, 0.4) is 0 Å². The van der Waals surface area contributed by atoms with E-state index in [2.05, 4.69) is 39.5 Å². The fourth-order valence-corrected chi connectivity index (χ4v) is 3.61. The van der Waals surface area contributed by atoms with Crippen LogP contribution in [0.15, 0.2) is 43.0 Å². The summed E-state index contributed by atoms with van der Waals surface area (Å²) >= 11 is 0. The minimum Gasteiger partial charge on any atom is -0.441 e. The molecule has 2 fully saturated rings. The standard InChI is InChI=1S/C18H22N4O2/c23-17-20-13-18(24-17)6-1-9-21(10-7-18)12-15-2-4-16(5-3-15)22-11-8-19-14-22/h2-5,8,11,14H,1,6-7,9-10,12-13H2,(H,20,23)/t18-/m1/s1. The normalized spacial score (nSPS) is 24.6. The van der Waals surface area contributed by atoms with E-state index >= 15 is 0 Å².